The lowest BCUT2D eigenvalue weighted by molar-refractivity contribution is 0.480. The molecule has 0 saturated heterocycles. The number of nitrogen functional groups attached to an aromatic ring is 1. The molecule has 0 saturated carbocycles. The van der Waals surface area contributed by atoms with Crippen molar-refractivity contribution >= 4 is 17.6 Å². The number of nitrogens with one attached hydrogen (secondary N) is 1. The van der Waals surface area contributed by atoms with Gasteiger partial charge < -0.3 is 10.5 Å². The molecule has 0 heterocycles. The smallest absolute Gasteiger partial charge is 0.139 e. The normalized spacial score (nSPS) is 10.4. The van der Waals surface area contributed by atoms with Crippen LogP contribution >= 0.6 is 11.8 Å². The lowest BCUT2D eigenvalue weighted by Gasteiger charge is -2.13. The number of amidine groups is 1. The fourth-order valence-electron chi connectivity index (χ4n) is 2.17. The molecule has 0 fully saturated rings. The molecule has 2 rings (SSSR count). The van der Waals surface area contributed by atoms with Crippen molar-refractivity contribution in [2.75, 3.05) is 6.26 Å². The van der Waals surface area contributed by atoms with Crippen molar-refractivity contribution in [3.63, 3.8) is 0 Å². The lowest BCUT2D eigenvalue weighted by Crippen LogP contribution is -2.13. The minimum Gasteiger partial charge on any atom is -0.457 e. The summed E-state index contributed by atoms with van der Waals surface area (Å²) >= 11 is 1.56. The van der Waals surface area contributed by atoms with Crippen LogP contribution in [-0.4, -0.2) is 12.1 Å². The van der Waals surface area contributed by atoms with E-state index in [4.69, 9.17) is 15.9 Å². The molecule has 0 aliphatic heterocycles. The molecule has 0 aliphatic rings. The minimum absolute atomic E-state index is 0.0255. The first-order valence-electron chi connectivity index (χ1n) is 6.94. The molecule has 110 valence electrons. The summed E-state index contributed by atoms with van der Waals surface area (Å²) in [6.07, 6.45) is 4.16. The summed E-state index contributed by atoms with van der Waals surface area (Å²) in [4.78, 5) is 0.947. The van der Waals surface area contributed by atoms with Crippen molar-refractivity contribution in [3.8, 4) is 11.5 Å². The summed E-state index contributed by atoms with van der Waals surface area (Å²) in [5.74, 6) is 1.41. The highest BCUT2D eigenvalue weighted by Gasteiger charge is 2.12. The molecule has 2 aromatic carbocycles. The number of aryl methyl sites for hydroxylation is 1. The highest BCUT2D eigenvalue weighted by atomic mass is 32.2. The number of benzene rings is 2. The van der Waals surface area contributed by atoms with Gasteiger partial charge in [-0.25, -0.2) is 0 Å². The van der Waals surface area contributed by atoms with Crippen LogP contribution in [0.4, 0.5) is 0 Å². The Morgan fingerprint density at radius 2 is 1.90 bits per heavy atom. The molecule has 0 spiro atoms. The Kier molecular flexibility index (Phi) is 5.28. The van der Waals surface area contributed by atoms with Gasteiger partial charge in [-0.05, 0) is 42.5 Å². The summed E-state index contributed by atoms with van der Waals surface area (Å²) in [5.41, 5.74) is 7.65. The molecule has 4 heteroatoms. The van der Waals surface area contributed by atoms with Gasteiger partial charge in [0.25, 0.3) is 0 Å². The third-order valence-electron chi connectivity index (χ3n) is 3.17. The third kappa shape index (κ3) is 3.79. The highest BCUT2D eigenvalue weighted by Crippen LogP contribution is 2.31. The Bertz CT molecular complexity index is 623. The number of nitrogens with two attached hydrogens (primary N) is 1. The number of ether oxygens (including phenoxy) is 1. The van der Waals surface area contributed by atoms with Crippen LogP contribution in [0.1, 0.15) is 24.5 Å². The first kappa shape index (κ1) is 15.4. The van der Waals surface area contributed by atoms with Crippen molar-refractivity contribution in [1.82, 2.24) is 0 Å². The van der Waals surface area contributed by atoms with E-state index in [0.29, 0.717) is 11.3 Å². The second-order valence-corrected chi connectivity index (χ2v) is 5.59. The summed E-state index contributed by atoms with van der Waals surface area (Å²) in [6, 6.07) is 13.8. The van der Waals surface area contributed by atoms with Crippen molar-refractivity contribution in [2.45, 2.75) is 24.7 Å². The second-order valence-electron chi connectivity index (χ2n) is 4.74. The van der Waals surface area contributed by atoms with Crippen LogP contribution in [0.2, 0.25) is 0 Å². The summed E-state index contributed by atoms with van der Waals surface area (Å²) in [6.45, 7) is 2.16. The maximum Gasteiger partial charge on any atom is 0.139 e. The van der Waals surface area contributed by atoms with E-state index in [0.717, 1.165) is 23.5 Å². The zero-order valence-corrected chi connectivity index (χ0v) is 13.2. The first-order chi connectivity index (χ1) is 10.2. The van der Waals surface area contributed by atoms with E-state index in [1.807, 2.05) is 36.6 Å². The lowest BCUT2D eigenvalue weighted by atomic mass is 10.1. The van der Waals surface area contributed by atoms with Gasteiger partial charge in [0, 0.05) is 4.90 Å². The summed E-state index contributed by atoms with van der Waals surface area (Å²) < 4.78 is 5.91. The van der Waals surface area contributed by atoms with E-state index in [-0.39, 0.29) is 5.84 Å². The van der Waals surface area contributed by atoms with Gasteiger partial charge in [-0.15, -0.1) is 11.8 Å². The molecule has 2 aromatic rings. The van der Waals surface area contributed by atoms with Gasteiger partial charge in [0.05, 0.1) is 5.56 Å². The number of rotatable bonds is 6. The van der Waals surface area contributed by atoms with Gasteiger partial charge in [-0.3, -0.25) is 5.41 Å². The van der Waals surface area contributed by atoms with Gasteiger partial charge in [-0.2, -0.15) is 0 Å². The van der Waals surface area contributed by atoms with E-state index in [1.54, 1.807) is 11.8 Å². The van der Waals surface area contributed by atoms with Crippen LogP contribution in [0.25, 0.3) is 0 Å². The molecule has 3 nitrogen and oxygen atoms in total. The van der Waals surface area contributed by atoms with Crippen LogP contribution in [0.3, 0.4) is 0 Å². The maximum atomic E-state index is 7.76. The van der Waals surface area contributed by atoms with Crippen LogP contribution in [0.15, 0.2) is 47.4 Å². The van der Waals surface area contributed by atoms with Gasteiger partial charge in [0.15, 0.2) is 0 Å². The van der Waals surface area contributed by atoms with Gasteiger partial charge in [0.1, 0.15) is 17.3 Å². The number of hydrogen-bond acceptors (Lipinski definition) is 3. The van der Waals surface area contributed by atoms with Crippen LogP contribution in [0, 0.1) is 5.41 Å². The average molecular weight is 300 g/mol. The predicted molar refractivity (Wildman–Crippen MR) is 89.8 cm³/mol. The number of thioether (sulfide) groups is 1. The molecule has 0 unspecified atom stereocenters. The predicted octanol–water partition coefficient (Wildman–Crippen LogP) is 4.44. The van der Waals surface area contributed by atoms with E-state index >= 15 is 0 Å². The van der Waals surface area contributed by atoms with E-state index in [2.05, 4.69) is 19.1 Å². The van der Waals surface area contributed by atoms with E-state index in [9.17, 15) is 0 Å². The monoisotopic (exact) mass is 300 g/mol. The van der Waals surface area contributed by atoms with E-state index < -0.39 is 0 Å². The number of hydrogen-bond donors (Lipinski definition) is 2. The first-order valence-corrected chi connectivity index (χ1v) is 8.16. The average Bonchev–Trinajstić information content (AvgIpc) is 2.49. The van der Waals surface area contributed by atoms with Crippen molar-refractivity contribution < 1.29 is 4.74 Å². The summed E-state index contributed by atoms with van der Waals surface area (Å²) in [5, 5.41) is 7.76. The van der Waals surface area contributed by atoms with Gasteiger partial charge >= 0.3 is 0 Å². The SMILES string of the molecule is CCCc1ccc(Oc2cccc(SC)c2C(=N)N)cc1. The van der Waals surface area contributed by atoms with Crippen molar-refractivity contribution in [1.29, 1.82) is 5.41 Å². The molecule has 0 bridgehead atoms. The van der Waals surface area contributed by atoms with E-state index in [1.165, 1.54) is 5.56 Å². The largest absolute Gasteiger partial charge is 0.457 e. The molecule has 0 aliphatic carbocycles. The summed E-state index contributed by atoms with van der Waals surface area (Å²) in [7, 11) is 0. The standard InChI is InChI=1S/C17H20N2OS/c1-3-5-12-8-10-13(11-9-12)20-14-6-4-7-15(21-2)16(14)17(18)19/h4,6-11H,3,5H2,1-2H3,(H3,18,19). The Balaban J connectivity index is 2.28. The van der Waals surface area contributed by atoms with Crippen LogP contribution in [0.5, 0.6) is 11.5 Å². The molecule has 0 aromatic heterocycles. The molecule has 0 radical (unpaired) electrons. The van der Waals surface area contributed by atoms with Gasteiger partial charge in [0.2, 0.25) is 0 Å². The quantitative estimate of drug-likeness (QED) is 0.471. The Hall–Kier alpha value is -1.94. The third-order valence-corrected chi connectivity index (χ3v) is 3.95. The highest BCUT2D eigenvalue weighted by molar-refractivity contribution is 7.98. The van der Waals surface area contributed by atoms with Crippen LogP contribution in [-0.2, 0) is 6.42 Å². The molecule has 0 amide bonds. The maximum absolute atomic E-state index is 7.76. The zero-order valence-electron chi connectivity index (χ0n) is 12.3. The fraction of sp³-hybridized carbons (Fsp3) is 0.235. The molecule has 3 N–H and O–H groups in total. The minimum atomic E-state index is 0.0255. The Morgan fingerprint density at radius 1 is 1.19 bits per heavy atom. The molecule has 0 atom stereocenters. The fourth-order valence-corrected chi connectivity index (χ4v) is 2.80. The topological polar surface area (TPSA) is 59.1 Å². The second kappa shape index (κ2) is 7.18. The molecular weight excluding hydrogens is 280 g/mol. The Morgan fingerprint density at radius 3 is 2.48 bits per heavy atom. The van der Waals surface area contributed by atoms with Crippen LogP contribution < -0.4 is 10.5 Å². The molecule has 21 heavy (non-hydrogen) atoms. The van der Waals surface area contributed by atoms with Crippen molar-refractivity contribution in [2.24, 2.45) is 5.73 Å². The zero-order chi connectivity index (χ0) is 15.2. The van der Waals surface area contributed by atoms with Crippen molar-refractivity contribution in [3.05, 3.63) is 53.6 Å². The molecular formula is C17H20N2OS. The van der Waals surface area contributed by atoms with Gasteiger partial charge in [-0.1, -0.05) is 31.5 Å². The Labute approximate surface area is 130 Å².